The molecular weight excluding hydrogens is 488 g/mol. The van der Waals surface area contributed by atoms with Crippen molar-refractivity contribution in [2.45, 2.75) is 143 Å². The molecule has 39 heavy (non-hydrogen) atoms. The quantitative estimate of drug-likeness (QED) is 0.359. The van der Waals surface area contributed by atoms with Crippen LogP contribution in [0.15, 0.2) is 0 Å². The first kappa shape index (κ1) is 30.3. The van der Waals surface area contributed by atoms with Gasteiger partial charge >= 0.3 is 0 Å². The van der Waals surface area contributed by atoms with Crippen molar-refractivity contribution in [3.05, 3.63) is 0 Å². The zero-order valence-corrected chi connectivity index (χ0v) is 26.4. The minimum Gasteiger partial charge on any atom is -0.390 e. The number of rotatable bonds is 7. The fourth-order valence-electron chi connectivity index (χ4n) is 10.4. The summed E-state index contributed by atoms with van der Waals surface area (Å²) < 4.78 is 18.3. The van der Waals surface area contributed by atoms with Crippen molar-refractivity contribution in [3.63, 3.8) is 0 Å². The van der Waals surface area contributed by atoms with Crippen LogP contribution in [0.1, 0.15) is 120 Å². The van der Waals surface area contributed by atoms with Crippen LogP contribution >= 0.6 is 0 Å². The van der Waals surface area contributed by atoms with E-state index in [9.17, 15) is 10.2 Å². The van der Waals surface area contributed by atoms with E-state index in [1.54, 1.807) is 0 Å². The van der Waals surface area contributed by atoms with Crippen LogP contribution in [0.25, 0.3) is 0 Å². The molecule has 1 aliphatic heterocycles. The molecule has 4 saturated carbocycles. The average molecular weight is 549 g/mol. The third-order valence-electron chi connectivity index (χ3n) is 12.9. The van der Waals surface area contributed by atoms with E-state index in [0.717, 1.165) is 49.4 Å². The van der Waals surface area contributed by atoms with Crippen molar-refractivity contribution >= 4 is 0 Å². The first-order chi connectivity index (χ1) is 18.1. The second kappa shape index (κ2) is 10.5. The van der Waals surface area contributed by atoms with Crippen molar-refractivity contribution < 1.29 is 24.4 Å². The lowest BCUT2D eigenvalue weighted by molar-refractivity contribution is -0.293. The highest BCUT2D eigenvalue weighted by atomic mass is 16.7. The van der Waals surface area contributed by atoms with Gasteiger partial charge in [-0.05, 0) is 138 Å². The van der Waals surface area contributed by atoms with Gasteiger partial charge in [0.05, 0.1) is 37.6 Å². The molecule has 5 fully saturated rings. The van der Waals surface area contributed by atoms with E-state index in [4.69, 9.17) is 14.2 Å². The van der Waals surface area contributed by atoms with Crippen molar-refractivity contribution in [1.82, 2.24) is 0 Å². The van der Waals surface area contributed by atoms with Crippen LogP contribution in [0.4, 0.5) is 0 Å². The maximum atomic E-state index is 11.7. The van der Waals surface area contributed by atoms with Gasteiger partial charge in [0.15, 0.2) is 5.79 Å². The smallest absolute Gasteiger partial charge is 0.162 e. The lowest BCUT2D eigenvalue weighted by Gasteiger charge is -2.62. The lowest BCUT2D eigenvalue weighted by Crippen LogP contribution is -2.59. The molecule has 0 aromatic carbocycles. The molecule has 0 aromatic rings. The second-order valence-corrected chi connectivity index (χ2v) is 16.8. The Morgan fingerprint density at radius 1 is 0.846 bits per heavy atom. The summed E-state index contributed by atoms with van der Waals surface area (Å²) >= 11 is 0. The predicted octanol–water partition coefficient (Wildman–Crippen LogP) is 6.98. The van der Waals surface area contributed by atoms with Gasteiger partial charge in [-0.1, -0.05) is 27.7 Å². The molecule has 5 heteroatoms. The third-order valence-corrected chi connectivity index (χ3v) is 12.9. The summed E-state index contributed by atoms with van der Waals surface area (Å²) in [5.41, 5.74) is -0.0616. The summed E-state index contributed by atoms with van der Waals surface area (Å²) in [5, 5.41) is 22.0. The number of aliphatic hydroxyl groups is 2. The normalized spacial score (nSPS) is 46.2. The molecule has 4 aliphatic carbocycles. The maximum Gasteiger partial charge on any atom is 0.162 e. The van der Waals surface area contributed by atoms with E-state index in [1.165, 1.54) is 38.5 Å². The molecule has 0 radical (unpaired) electrons. The highest BCUT2D eigenvalue weighted by molar-refractivity contribution is 5.11. The Morgan fingerprint density at radius 2 is 1.46 bits per heavy atom. The lowest BCUT2D eigenvalue weighted by atomic mass is 9.44. The van der Waals surface area contributed by atoms with Gasteiger partial charge in [-0.25, -0.2) is 0 Å². The molecular formula is C34H60O5. The number of ether oxygens (including phenoxy) is 3. The molecule has 2 N–H and O–H groups in total. The fraction of sp³-hybridized carbons (Fsp3) is 1.00. The van der Waals surface area contributed by atoms with Crippen LogP contribution in [-0.4, -0.2) is 53.6 Å². The van der Waals surface area contributed by atoms with Crippen molar-refractivity contribution in [1.29, 1.82) is 0 Å². The standard InChI is InChI=1S/C34H60O5/c1-22(13-16-30(2,3)36)24-11-12-25-23-9-10-27-29(35)28(37-19-32(6)20-38-31(4,5)39-21-32)15-18-34(27,8)26(23)14-17-33(24,25)7/h22-29,35-36H,9-21H2,1-8H3/t22-,23+,24-,25+,26+,27+,28+,29-,33-,34-/m1/s1. The van der Waals surface area contributed by atoms with Gasteiger partial charge in [-0.3, -0.25) is 0 Å². The Labute approximate surface area is 239 Å². The van der Waals surface area contributed by atoms with E-state index in [0.29, 0.717) is 37.1 Å². The van der Waals surface area contributed by atoms with Crippen LogP contribution in [-0.2, 0) is 14.2 Å². The topological polar surface area (TPSA) is 68.2 Å². The molecule has 0 unspecified atom stereocenters. The van der Waals surface area contributed by atoms with Gasteiger partial charge in [0, 0.05) is 5.41 Å². The Morgan fingerprint density at radius 3 is 2.13 bits per heavy atom. The Bertz CT molecular complexity index is 854. The number of hydrogen-bond donors (Lipinski definition) is 2. The van der Waals surface area contributed by atoms with Crippen molar-refractivity contribution in [3.8, 4) is 0 Å². The minimum atomic E-state index is -0.562. The molecule has 10 atom stereocenters. The highest BCUT2D eigenvalue weighted by Crippen LogP contribution is 2.68. The zero-order chi connectivity index (χ0) is 28.4. The van der Waals surface area contributed by atoms with Crippen molar-refractivity contribution in [2.75, 3.05) is 19.8 Å². The molecule has 5 nitrogen and oxygen atoms in total. The molecule has 0 amide bonds. The molecule has 226 valence electrons. The maximum absolute atomic E-state index is 11.7. The summed E-state index contributed by atoms with van der Waals surface area (Å²) in [6.45, 7) is 19.5. The van der Waals surface area contributed by atoms with Crippen LogP contribution < -0.4 is 0 Å². The Hall–Kier alpha value is -0.200. The van der Waals surface area contributed by atoms with Gasteiger partial charge < -0.3 is 24.4 Å². The van der Waals surface area contributed by atoms with Gasteiger partial charge in [0.25, 0.3) is 0 Å². The molecule has 1 heterocycles. The van der Waals surface area contributed by atoms with Crippen molar-refractivity contribution in [2.24, 2.45) is 51.8 Å². The Balaban J connectivity index is 1.22. The fourth-order valence-corrected chi connectivity index (χ4v) is 10.4. The molecule has 0 spiro atoms. The van der Waals surface area contributed by atoms with E-state index in [-0.39, 0.29) is 23.0 Å². The number of aliphatic hydroxyl groups excluding tert-OH is 1. The molecule has 0 aromatic heterocycles. The largest absolute Gasteiger partial charge is 0.390 e. The Kier molecular flexibility index (Phi) is 8.15. The van der Waals surface area contributed by atoms with E-state index >= 15 is 0 Å². The monoisotopic (exact) mass is 548 g/mol. The van der Waals surface area contributed by atoms with E-state index in [1.807, 2.05) is 27.7 Å². The summed E-state index contributed by atoms with van der Waals surface area (Å²) in [5.74, 6) is 3.65. The van der Waals surface area contributed by atoms with Gasteiger partial charge in [-0.15, -0.1) is 0 Å². The summed E-state index contributed by atoms with van der Waals surface area (Å²) in [4.78, 5) is 0. The van der Waals surface area contributed by atoms with Crippen LogP contribution in [0, 0.1) is 51.8 Å². The molecule has 5 aliphatic rings. The van der Waals surface area contributed by atoms with Gasteiger partial charge in [0.2, 0.25) is 0 Å². The number of fused-ring (bicyclic) bond motifs is 5. The average Bonchev–Trinajstić information content (AvgIpc) is 3.21. The molecule has 5 rings (SSSR count). The van der Waals surface area contributed by atoms with Crippen LogP contribution in [0.3, 0.4) is 0 Å². The van der Waals surface area contributed by atoms with Gasteiger partial charge in [0.1, 0.15) is 0 Å². The van der Waals surface area contributed by atoms with E-state index in [2.05, 4.69) is 27.7 Å². The first-order valence-corrected chi connectivity index (χ1v) is 16.4. The summed E-state index contributed by atoms with van der Waals surface area (Å²) in [6.07, 6.45) is 11.5. The number of hydrogen-bond acceptors (Lipinski definition) is 5. The zero-order valence-electron chi connectivity index (χ0n) is 26.4. The molecule has 0 bridgehead atoms. The second-order valence-electron chi connectivity index (χ2n) is 16.8. The molecule has 1 saturated heterocycles. The SMILES string of the molecule is C[C@H](CCC(C)(C)O)[C@H]1CC[C@H]2[C@@H]3CC[C@H]4[C@@H](O)[C@@H](OCC5(C)COC(C)(C)OC5)CC[C@]4(C)[C@H]3CC[C@]12C. The highest BCUT2D eigenvalue weighted by Gasteiger charge is 2.62. The minimum absolute atomic E-state index is 0.0762. The summed E-state index contributed by atoms with van der Waals surface area (Å²) in [6, 6.07) is 0. The summed E-state index contributed by atoms with van der Waals surface area (Å²) in [7, 11) is 0. The predicted molar refractivity (Wildman–Crippen MR) is 155 cm³/mol. The van der Waals surface area contributed by atoms with Gasteiger partial charge in [-0.2, -0.15) is 0 Å². The van der Waals surface area contributed by atoms with E-state index < -0.39 is 11.4 Å². The van der Waals surface area contributed by atoms with Crippen LogP contribution in [0.5, 0.6) is 0 Å². The third kappa shape index (κ3) is 5.75. The van der Waals surface area contributed by atoms with Crippen LogP contribution in [0.2, 0.25) is 0 Å². The first-order valence-electron chi connectivity index (χ1n) is 16.4.